The summed E-state index contributed by atoms with van der Waals surface area (Å²) >= 11 is 2.65. The molecule has 0 aromatic carbocycles. The van der Waals surface area contributed by atoms with E-state index in [1.807, 2.05) is 12.3 Å². The minimum Gasteiger partial charge on any atom is -0.393 e. The molecule has 0 unspecified atom stereocenters. The lowest BCUT2D eigenvalue weighted by atomic mass is 10.1. The third-order valence-electron chi connectivity index (χ3n) is 3.75. The van der Waals surface area contributed by atoms with Gasteiger partial charge in [-0.05, 0) is 19.8 Å². The van der Waals surface area contributed by atoms with Crippen molar-refractivity contribution in [2.45, 2.75) is 32.8 Å². The highest BCUT2D eigenvalue weighted by molar-refractivity contribution is 7.19. The maximum Gasteiger partial charge on any atom is 0.282 e. The van der Waals surface area contributed by atoms with Gasteiger partial charge in [-0.3, -0.25) is 9.59 Å². The topological polar surface area (TPSA) is 95.4 Å². The molecule has 0 atom stereocenters. The number of piperidine rings is 1. The van der Waals surface area contributed by atoms with E-state index in [0.717, 1.165) is 10.6 Å². The minimum atomic E-state index is -0.312. The van der Waals surface area contributed by atoms with Crippen LogP contribution in [0, 0.1) is 6.92 Å². The molecule has 9 heteroatoms. The Morgan fingerprint density at radius 3 is 2.71 bits per heavy atom. The monoisotopic (exact) mass is 366 g/mol. The Kier molecular flexibility index (Phi) is 4.93. The quantitative estimate of drug-likeness (QED) is 0.868. The highest BCUT2D eigenvalue weighted by Gasteiger charge is 2.25. The number of aromatic nitrogens is 2. The number of likely N-dealkylation sites (tertiary alicyclic amines) is 1. The lowest BCUT2D eigenvalue weighted by Gasteiger charge is -2.28. The van der Waals surface area contributed by atoms with Crippen LogP contribution in [0.1, 0.15) is 35.3 Å². The zero-order valence-corrected chi connectivity index (χ0v) is 15.0. The number of carbonyl (C=O) groups excluding carboxylic acids is 2. The van der Waals surface area contributed by atoms with E-state index in [1.54, 1.807) is 4.90 Å². The Balaban J connectivity index is 1.77. The van der Waals surface area contributed by atoms with E-state index in [0.29, 0.717) is 41.8 Å². The summed E-state index contributed by atoms with van der Waals surface area (Å²) in [6.45, 7) is 4.40. The van der Waals surface area contributed by atoms with Crippen LogP contribution in [0.2, 0.25) is 0 Å². The molecule has 1 fully saturated rings. The van der Waals surface area contributed by atoms with Crippen molar-refractivity contribution in [1.29, 1.82) is 0 Å². The van der Waals surface area contributed by atoms with Crippen LogP contribution in [-0.2, 0) is 4.79 Å². The van der Waals surface area contributed by atoms with Crippen LogP contribution in [-0.4, -0.2) is 51.0 Å². The third kappa shape index (κ3) is 3.63. The Bertz CT molecular complexity index is 763. The van der Waals surface area contributed by atoms with Crippen LogP contribution in [0.15, 0.2) is 5.38 Å². The van der Waals surface area contributed by atoms with Gasteiger partial charge in [0.15, 0.2) is 10.1 Å². The average Bonchev–Trinajstić information content (AvgIpc) is 3.13. The maximum absolute atomic E-state index is 12.5. The lowest BCUT2D eigenvalue weighted by molar-refractivity contribution is -0.114. The second-order valence-electron chi connectivity index (χ2n) is 5.68. The number of carbonyl (C=O) groups is 2. The molecule has 0 radical (unpaired) electrons. The lowest BCUT2D eigenvalue weighted by Crippen LogP contribution is -2.40. The smallest absolute Gasteiger partial charge is 0.282 e. The molecule has 24 heavy (non-hydrogen) atoms. The van der Waals surface area contributed by atoms with E-state index in [1.165, 1.54) is 29.6 Å². The van der Waals surface area contributed by atoms with Crippen LogP contribution in [0.25, 0.3) is 10.6 Å². The predicted octanol–water partition coefficient (Wildman–Crippen LogP) is 2.13. The highest BCUT2D eigenvalue weighted by atomic mass is 32.1. The number of aliphatic hydroxyl groups excluding tert-OH is 1. The number of thiazole rings is 2. The van der Waals surface area contributed by atoms with Gasteiger partial charge in [-0.2, -0.15) is 0 Å². The first kappa shape index (κ1) is 17.0. The number of amides is 2. The van der Waals surface area contributed by atoms with Crippen molar-refractivity contribution < 1.29 is 14.7 Å². The Hall–Kier alpha value is -1.84. The van der Waals surface area contributed by atoms with Crippen molar-refractivity contribution in [2.75, 3.05) is 18.4 Å². The summed E-state index contributed by atoms with van der Waals surface area (Å²) in [7, 11) is 0. The van der Waals surface area contributed by atoms with Gasteiger partial charge in [0, 0.05) is 25.4 Å². The van der Waals surface area contributed by atoms with Crippen LogP contribution >= 0.6 is 22.7 Å². The molecule has 7 nitrogen and oxygen atoms in total. The van der Waals surface area contributed by atoms with Gasteiger partial charge < -0.3 is 15.3 Å². The van der Waals surface area contributed by atoms with E-state index >= 15 is 0 Å². The summed E-state index contributed by atoms with van der Waals surface area (Å²) in [4.78, 5) is 35.0. The molecule has 128 valence electrons. The van der Waals surface area contributed by atoms with E-state index < -0.39 is 0 Å². The standard InChI is InChI=1S/C15H18N4O3S2/c1-8-12(24-15(16-8)17-9(2)20)11-7-23-13(18-11)14(22)19-5-3-10(21)4-6-19/h7,10,21H,3-6H2,1-2H3,(H,16,17,20). The van der Waals surface area contributed by atoms with Crippen molar-refractivity contribution in [3.63, 3.8) is 0 Å². The molecule has 2 N–H and O–H groups in total. The van der Waals surface area contributed by atoms with Crippen LogP contribution in [0.5, 0.6) is 0 Å². The van der Waals surface area contributed by atoms with Gasteiger partial charge in [0.05, 0.1) is 22.4 Å². The zero-order chi connectivity index (χ0) is 17.3. The summed E-state index contributed by atoms with van der Waals surface area (Å²) in [5.41, 5.74) is 1.47. The number of nitrogens with zero attached hydrogens (tertiary/aromatic N) is 3. The number of aryl methyl sites for hydroxylation is 1. The molecule has 3 heterocycles. The summed E-state index contributed by atoms with van der Waals surface area (Å²) in [5, 5.41) is 15.0. The summed E-state index contributed by atoms with van der Waals surface area (Å²) in [6.07, 6.45) is 0.906. The molecule has 2 aromatic rings. The fourth-order valence-electron chi connectivity index (χ4n) is 2.52. The first-order valence-electron chi connectivity index (χ1n) is 7.62. The van der Waals surface area contributed by atoms with Crippen LogP contribution in [0.4, 0.5) is 5.13 Å². The fourth-order valence-corrected chi connectivity index (χ4v) is 4.34. The van der Waals surface area contributed by atoms with Crippen molar-refractivity contribution in [3.8, 4) is 10.6 Å². The third-order valence-corrected chi connectivity index (χ3v) is 5.68. The molecule has 2 aromatic heterocycles. The van der Waals surface area contributed by atoms with E-state index in [9.17, 15) is 14.7 Å². The molecule has 0 aliphatic carbocycles. The summed E-state index contributed by atoms with van der Waals surface area (Å²) < 4.78 is 0. The molecule has 0 saturated carbocycles. The number of anilines is 1. The summed E-state index contributed by atoms with van der Waals surface area (Å²) in [6, 6.07) is 0. The molecule has 1 aliphatic rings. The van der Waals surface area contributed by atoms with Gasteiger partial charge in [-0.1, -0.05) is 11.3 Å². The van der Waals surface area contributed by atoms with Crippen molar-refractivity contribution >= 4 is 39.6 Å². The van der Waals surface area contributed by atoms with Crippen molar-refractivity contribution in [1.82, 2.24) is 14.9 Å². The van der Waals surface area contributed by atoms with E-state index in [2.05, 4.69) is 15.3 Å². The molecule has 1 aliphatic heterocycles. The zero-order valence-electron chi connectivity index (χ0n) is 13.4. The predicted molar refractivity (Wildman–Crippen MR) is 93.4 cm³/mol. The van der Waals surface area contributed by atoms with Crippen LogP contribution in [0.3, 0.4) is 0 Å². The first-order chi connectivity index (χ1) is 11.4. The van der Waals surface area contributed by atoms with Gasteiger partial charge in [0.1, 0.15) is 0 Å². The highest BCUT2D eigenvalue weighted by Crippen LogP contribution is 2.33. The normalized spacial score (nSPS) is 15.5. The van der Waals surface area contributed by atoms with Gasteiger partial charge in [-0.15, -0.1) is 11.3 Å². The average molecular weight is 366 g/mol. The van der Waals surface area contributed by atoms with Gasteiger partial charge in [0.2, 0.25) is 5.91 Å². The molecule has 3 rings (SSSR count). The van der Waals surface area contributed by atoms with Gasteiger partial charge >= 0.3 is 0 Å². The largest absolute Gasteiger partial charge is 0.393 e. The SMILES string of the molecule is CC(=O)Nc1nc(C)c(-c2csc(C(=O)N3CCC(O)CC3)n2)s1. The van der Waals surface area contributed by atoms with Crippen molar-refractivity contribution in [2.24, 2.45) is 0 Å². The fraction of sp³-hybridized carbons (Fsp3) is 0.467. The second kappa shape index (κ2) is 6.96. The molecular formula is C15H18N4O3S2. The Morgan fingerprint density at radius 1 is 1.33 bits per heavy atom. The van der Waals surface area contributed by atoms with E-state index in [4.69, 9.17) is 0 Å². The molecule has 0 spiro atoms. The molecule has 1 saturated heterocycles. The van der Waals surface area contributed by atoms with Gasteiger partial charge in [0.25, 0.3) is 5.91 Å². The molecule has 2 amide bonds. The number of hydrogen-bond donors (Lipinski definition) is 2. The molecule has 0 bridgehead atoms. The summed E-state index contributed by atoms with van der Waals surface area (Å²) in [5.74, 6) is -0.265. The minimum absolute atomic E-state index is 0.0950. The second-order valence-corrected chi connectivity index (χ2v) is 7.53. The number of hydrogen-bond acceptors (Lipinski definition) is 7. The first-order valence-corrected chi connectivity index (χ1v) is 9.32. The number of aliphatic hydroxyl groups is 1. The molecular weight excluding hydrogens is 348 g/mol. The van der Waals surface area contributed by atoms with Crippen molar-refractivity contribution in [3.05, 3.63) is 16.1 Å². The van der Waals surface area contributed by atoms with Gasteiger partial charge in [-0.25, -0.2) is 9.97 Å². The number of nitrogens with one attached hydrogen (secondary N) is 1. The number of rotatable bonds is 3. The maximum atomic E-state index is 12.5. The Labute approximate surface area is 147 Å². The van der Waals surface area contributed by atoms with E-state index in [-0.39, 0.29) is 17.9 Å². The van der Waals surface area contributed by atoms with Crippen LogP contribution < -0.4 is 5.32 Å². The Morgan fingerprint density at radius 2 is 2.04 bits per heavy atom.